The first-order valence-corrected chi connectivity index (χ1v) is 6.37. The minimum absolute atomic E-state index is 0.00810. The minimum Gasteiger partial charge on any atom is -0.314 e. The molecular weight excluding hydrogens is 200 g/mol. The van der Waals surface area contributed by atoms with Crippen molar-refractivity contribution in [3.05, 3.63) is 0 Å². The molecule has 0 fully saturated rings. The van der Waals surface area contributed by atoms with Crippen molar-refractivity contribution in [1.82, 2.24) is 10.6 Å². The average molecular weight is 228 g/mol. The lowest BCUT2D eigenvalue weighted by atomic mass is 9.98. The van der Waals surface area contributed by atoms with Crippen LogP contribution in [0.3, 0.4) is 0 Å². The molecule has 96 valence electrons. The first kappa shape index (κ1) is 15.6. The van der Waals surface area contributed by atoms with Gasteiger partial charge in [-0.05, 0) is 13.0 Å². The predicted molar refractivity (Wildman–Crippen MR) is 69.7 cm³/mol. The third-order valence-electron chi connectivity index (χ3n) is 2.43. The molecule has 0 aliphatic heterocycles. The van der Waals surface area contributed by atoms with Crippen LogP contribution in [-0.4, -0.2) is 30.5 Å². The van der Waals surface area contributed by atoms with Gasteiger partial charge in [0.05, 0.1) is 6.04 Å². The number of hydrogen-bond acceptors (Lipinski definition) is 3. The SMILES string of the molecule is CC(C)NCC[C@@H](NC(C)C)C(=O)C(C)C. The predicted octanol–water partition coefficient (Wildman–Crippen LogP) is 1.97. The van der Waals surface area contributed by atoms with Crippen molar-refractivity contribution < 1.29 is 4.79 Å². The Morgan fingerprint density at radius 1 is 1.00 bits per heavy atom. The summed E-state index contributed by atoms with van der Waals surface area (Å²) in [6.45, 7) is 13.2. The van der Waals surface area contributed by atoms with Gasteiger partial charge in [-0.2, -0.15) is 0 Å². The van der Waals surface area contributed by atoms with E-state index in [4.69, 9.17) is 0 Å². The number of ketones is 1. The van der Waals surface area contributed by atoms with Crippen molar-refractivity contribution in [2.75, 3.05) is 6.54 Å². The Bertz CT molecular complexity index is 200. The van der Waals surface area contributed by atoms with Crippen molar-refractivity contribution in [2.45, 2.75) is 66.1 Å². The summed E-state index contributed by atoms with van der Waals surface area (Å²) >= 11 is 0. The molecule has 0 aromatic heterocycles. The zero-order valence-electron chi connectivity index (χ0n) is 11.6. The van der Waals surface area contributed by atoms with Crippen LogP contribution in [0.2, 0.25) is 0 Å². The standard InChI is InChI=1S/C13H28N2O/c1-9(2)13(16)12(15-11(5)6)7-8-14-10(3)4/h9-12,14-15H,7-8H2,1-6H3/t12-/m1/s1. The summed E-state index contributed by atoms with van der Waals surface area (Å²) in [6, 6.07) is 0.826. The molecule has 0 heterocycles. The fraction of sp³-hybridized carbons (Fsp3) is 0.923. The molecule has 0 radical (unpaired) electrons. The van der Waals surface area contributed by atoms with E-state index in [2.05, 4.69) is 38.3 Å². The van der Waals surface area contributed by atoms with E-state index in [0.29, 0.717) is 17.9 Å². The molecule has 0 spiro atoms. The van der Waals surface area contributed by atoms with E-state index in [0.717, 1.165) is 13.0 Å². The number of carbonyl (C=O) groups excluding carboxylic acids is 1. The Morgan fingerprint density at radius 2 is 1.56 bits per heavy atom. The molecule has 0 aromatic rings. The molecule has 0 amide bonds. The molecule has 0 bridgehead atoms. The van der Waals surface area contributed by atoms with Crippen molar-refractivity contribution in [3.63, 3.8) is 0 Å². The van der Waals surface area contributed by atoms with Gasteiger partial charge in [-0.25, -0.2) is 0 Å². The maximum Gasteiger partial charge on any atom is 0.152 e. The van der Waals surface area contributed by atoms with Crippen LogP contribution in [0, 0.1) is 5.92 Å². The first-order valence-electron chi connectivity index (χ1n) is 6.37. The summed E-state index contributed by atoms with van der Waals surface area (Å²) in [6.07, 6.45) is 0.868. The van der Waals surface area contributed by atoms with Gasteiger partial charge in [0, 0.05) is 18.0 Å². The molecule has 16 heavy (non-hydrogen) atoms. The van der Waals surface area contributed by atoms with Crippen LogP contribution in [0.15, 0.2) is 0 Å². The molecule has 0 saturated carbocycles. The van der Waals surface area contributed by atoms with Crippen LogP contribution in [0.4, 0.5) is 0 Å². The molecule has 0 rings (SSSR count). The van der Waals surface area contributed by atoms with Crippen molar-refractivity contribution >= 4 is 5.78 Å². The Labute approximate surface area is 100 Å². The van der Waals surface area contributed by atoms with E-state index in [-0.39, 0.29) is 12.0 Å². The van der Waals surface area contributed by atoms with Gasteiger partial charge in [-0.1, -0.05) is 41.5 Å². The van der Waals surface area contributed by atoms with Crippen molar-refractivity contribution in [1.29, 1.82) is 0 Å². The van der Waals surface area contributed by atoms with E-state index >= 15 is 0 Å². The first-order chi connectivity index (χ1) is 7.34. The molecule has 2 N–H and O–H groups in total. The highest BCUT2D eigenvalue weighted by Gasteiger charge is 2.21. The van der Waals surface area contributed by atoms with Crippen LogP contribution >= 0.6 is 0 Å². The molecular formula is C13H28N2O. The van der Waals surface area contributed by atoms with Gasteiger partial charge in [-0.15, -0.1) is 0 Å². The third-order valence-corrected chi connectivity index (χ3v) is 2.43. The highest BCUT2D eigenvalue weighted by Crippen LogP contribution is 2.04. The number of rotatable bonds is 8. The summed E-state index contributed by atoms with van der Waals surface area (Å²) in [5, 5.41) is 6.70. The van der Waals surface area contributed by atoms with Crippen LogP contribution in [0.5, 0.6) is 0 Å². The largest absolute Gasteiger partial charge is 0.314 e. The van der Waals surface area contributed by atoms with Crippen molar-refractivity contribution in [2.24, 2.45) is 5.92 Å². The second-order valence-electron chi connectivity index (χ2n) is 5.33. The fourth-order valence-electron chi connectivity index (χ4n) is 1.63. The molecule has 0 aromatic carbocycles. The maximum absolute atomic E-state index is 12.0. The normalized spacial score (nSPS) is 13.8. The van der Waals surface area contributed by atoms with E-state index < -0.39 is 0 Å². The van der Waals surface area contributed by atoms with E-state index in [9.17, 15) is 4.79 Å². The van der Waals surface area contributed by atoms with Gasteiger partial charge in [0.2, 0.25) is 0 Å². The topological polar surface area (TPSA) is 41.1 Å². The monoisotopic (exact) mass is 228 g/mol. The summed E-state index contributed by atoms with van der Waals surface area (Å²) in [5.41, 5.74) is 0. The summed E-state index contributed by atoms with van der Waals surface area (Å²) < 4.78 is 0. The second-order valence-corrected chi connectivity index (χ2v) is 5.33. The Balaban J connectivity index is 4.15. The number of carbonyl (C=O) groups is 1. The lowest BCUT2D eigenvalue weighted by Crippen LogP contribution is -2.44. The third kappa shape index (κ3) is 6.96. The number of nitrogens with one attached hydrogen (secondary N) is 2. The van der Waals surface area contributed by atoms with Gasteiger partial charge in [0.1, 0.15) is 0 Å². The molecule has 0 unspecified atom stereocenters. The van der Waals surface area contributed by atoms with Crippen LogP contribution < -0.4 is 10.6 Å². The summed E-state index contributed by atoms with van der Waals surface area (Å²) in [5.74, 6) is 0.426. The highest BCUT2D eigenvalue weighted by atomic mass is 16.1. The smallest absolute Gasteiger partial charge is 0.152 e. The Kier molecular flexibility index (Phi) is 7.60. The molecule has 0 saturated heterocycles. The molecule has 1 atom stereocenters. The lowest BCUT2D eigenvalue weighted by molar-refractivity contribution is -0.124. The fourth-order valence-corrected chi connectivity index (χ4v) is 1.63. The summed E-state index contributed by atoms with van der Waals surface area (Å²) in [7, 11) is 0. The van der Waals surface area contributed by atoms with Crippen molar-refractivity contribution in [3.8, 4) is 0 Å². The summed E-state index contributed by atoms with van der Waals surface area (Å²) in [4.78, 5) is 12.0. The Hall–Kier alpha value is -0.410. The van der Waals surface area contributed by atoms with Crippen LogP contribution in [0.25, 0.3) is 0 Å². The molecule has 3 heteroatoms. The molecule has 0 aliphatic carbocycles. The molecule has 3 nitrogen and oxygen atoms in total. The van der Waals surface area contributed by atoms with Gasteiger partial charge in [0.15, 0.2) is 5.78 Å². The van der Waals surface area contributed by atoms with E-state index in [1.165, 1.54) is 0 Å². The van der Waals surface area contributed by atoms with Gasteiger partial charge in [0.25, 0.3) is 0 Å². The average Bonchev–Trinajstić information content (AvgIpc) is 2.13. The molecule has 0 aliphatic rings. The quantitative estimate of drug-likeness (QED) is 0.667. The van der Waals surface area contributed by atoms with Gasteiger partial charge >= 0.3 is 0 Å². The van der Waals surface area contributed by atoms with E-state index in [1.807, 2.05) is 13.8 Å². The van der Waals surface area contributed by atoms with Crippen LogP contribution in [-0.2, 0) is 4.79 Å². The Morgan fingerprint density at radius 3 is 1.94 bits per heavy atom. The zero-order valence-corrected chi connectivity index (χ0v) is 11.6. The second kappa shape index (κ2) is 7.80. The van der Waals surface area contributed by atoms with Crippen LogP contribution in [0.1, 0.15) is 48.0 Å². The highest BCUT2D eigenvalue weighted by molar-refractivity contribution is 5.85. The number of hydrogen-bond donors (Lipinski definition) is 2. The van der Waals surface area contributed by atoms with E-state index in [1.54, 1.807) is 0 Å². The van der Waals surface area contributed by atoms with Gasteiger partial charge in [-0.3, -0.25) is 4.79 Å². The van der Waals surface area contributed by atoms with Gasteiger partial charge < -0.3 is 10.6 Å². The number of Topliss-reactive ketones (excluding diaryl/α,β-unsaturated/α-hetero) is 1. The minimum atomic E-state index is -0.00810. The zero-order chi connectivity index (χ0) is 12.7. The lowest BCUT2D eigenvalue weighted by Gasteiger charge is -2.22. The maximum atomic E-state index is 12.0.